The number of nitrogens with one attached hydrogen (secondary N) is 1. The van der Waals surface area contributed by atoms with E-state index in [0.29, 0.717) is 12.0 Å². The predicted octanol–water partition coefficient (Wildman–Crippen LogP) is 3.75. The molecule has 19 heavy (non-hydrogen) atoms. The zero-order chi connectivity index (χ0) is 13.2. The molecule has 1 aliphatic rings. The quantitative estimate of drug-likeness (QED) is 0.896. The second-order valence-corrected chi connectivity index (χ2v) is 6.01. The van der Waals surface area contributed by atoms with Crippen LogP contribution in [0, 0.1) is 0 Å². The lowest BCUT2D eigenvalue weighted by molar-refractivity contribution is 0.414. The van der Waals surface area contributed by atoms with Crippen molar-refractivity contribution in [2.24, 2.45) is 0 Å². The van der Waals surface area contributed by atoms with Gasteiger partial charge in [0.15, 0.2) is 0 Å². The highest BCUT2D eigenvalue weighted by atomic mass is 32.1. The fourth-order valence-electron chi connectivity index (χ4n) is 2.86. The summed E-state index contributed by atoms with van der Waals surface area (Å²) in [5.74, 6) is 1.66. The maximum atomic E-state index is 5.27. The number of methoxy groups -OCH3 is 1. The minimum absolute atomic E-state index is 0.423. The van der Waals surface area contributed by atoms with Crippen molar-refractivity contribution in [2.45, 2.75) is 24.8 Å². The molecule has 1 N–H and O–H groups in total. The van der Waals surface area contributed by atoms with Crippen LogP contribution in [0.25, 0.3) is 0 Å². The highest BCUT2D eigenvalue weighted by molar-refractivity contribution is 7.10. The van der Waals surface area contributed by atoms with Gasteiger partial charge in [-0.05, 0) is 43.0 Å². The molecule has 0 radical (unpaired) electrons. The first-order chi connectivity index (χ1) is 9.31. The Morgan fingerprint density at radius 3 is 2.95 bits per heavy atom. The molecule has 0 spiro atoms. The SMILES string of the molecule is CNC(CC1Cc2ccccc21)c1cc(OC)cs1. The van der Waals surface area contributed by atoms with E-state index >= 15 is 0 Å². The van der Waals surface area contributed by atoms with Gasteiger partial charge in [0.2, 0.25) is 0 Å². The summed E-state index contributed by atoms with van der Waals surface area (Å²) in [6.07, 6.45) is 2.38. The standard InChI is InChI=1S/C16H19NOS/c1-17-15(16-9-13(18-2)10-19-16)8-12-7-11-5-3-4-6-14(11)12/h3-6,9-10,12,15,17H,7-8H2,1-2H3. The van der Waals surface area contributed by atoms with Crippen molar-refractivity contribution >= 4 is 11.3 Å². The van der Waals surface area contributed by atoms with Gasteiger partial charge in [-0.2, -0.15) is 0 Å². The van der Waals surface area contributed by atoms with Gasteiger partial charge in [-0.3, -0.25) is 0 Å². The van der Waals surface area contributed by atoms with Gasteiger partial charge in [0.1, 0.15) is 5.75 Å². The van der Waals surface area contributed by atoms with Crippen LogP contribution in [0.2, 0.25) is 0 Å². The number of rotatable bonds is 5. The largest absolute Gasteiger partial charge is 0.496 e. The Bertz CT molecular complexity index is 563. The molecule has 0 bridgehead atoms. The van der Waals surface area contributed by atoms with Crippen LogP contribution in [0.1, 0.15) is 34.4 Å². The zero-order valence-corrected chi connectivity index (χ0v) is 12.2. The van der Waals surface area contributed by atoms with Crippen LogP contribution in [0.5, 0.6) is 5.75 Å². The van der Waals surface area contributed by atoms with Crippen LogP contribution in [-0.4, -0.2) is 14.2 Å². The van der Waals surface area contributed by atoms with Gasteiger partial charge in [-0.15, -0.1) is 11.3 Å². The van der Waals surface area contributed by atoms with Gasteiger partial charge in [-0.1, -0.05) is 24.3 Å². The molecule has 2 atom stereocenters. The Labute approximate surface area is 118 Å². The van der Waals surface area contributed by atoms with Crippen LogP contribution < -0.4 is 10.1 Å². The average molecular weight is 273 g/mol. The lowest BCUT2D eigenvalue weighted by Gasteiger charge is -2.32. The summed E-state index contributed by atoms with van der Waals surface area (Å²) in [6.45, 7) is 0. The molecule has 1 aromatic heterocycles. The topological polar surface area (TPSA) is 21.3 Å². The molecule has 3 heteroatoms. The average Bonchev–Trinajstić information content (AvgIpc) is 2.89. The van der Waals surface area contributed by atoms with Crippen molar-refractivity contribution in [3.63, 3.8) is 0 Å². The van der Waals surface area contributed by atoms with E-state index in [0.717, 1.165) is 12.2 Å². The number of ether oxygens (including phenoxy) is 1. The second-order valence-electron chi connectivity index (χ2n) is 5.07. The third-order valence-electron chi connectivity index (χ3n) is 4.00. The molecule has 100 valence electrons. The third-order valence-corrected chi connectivity index (χ3v) is 5.03. The van der Waals surface area contributed by atoms with Crippen LogP contribution in [0.15, 0.2) is 35.7 Å². The molecule has 2 aromatic rings. The number of benzene rings is 1. The van der Waals surface area contributed by atoms with Crippen molar-refractivity contribution in [3.8, 4) is 5.75 Å². The lowest BCUT2D eigenvalue weighted by atomic mass is 9.74. The van der Waals surface area contributed by atoms with Crippen molar-refractivity contribution in [3.05, 3.63) is 51.7 Å². The van der Waals surface area contributed by atoms with E-state index in [1.54, 1.807) is 18.4 Å². The molecule has 1 aromatic carbocycles. The van der Waals surface area contributed by atoms with E-state index < -0.39 is 0 Å². The molecule has 3 rings (SSSR count). The first-order valence-electron chi connectivity index (χ1n) is 6.69. The van der Waals surface area contributed by atoms with E-state index in [4.69, 9.17) is 4.74 Å². The highest BCUT2D eigenvalue weighted by Crippen LogP contribution is 2.41. The first kappa shape index (κ1) is 12.7. The zero-order valence-electron chi connectivity index (χ0n) is 11.3. The van der Waals surface area contributed by atoms with Crippen molar-refractivity contribution in [1.82, 2.24) is 5.32 Å². The van der Waals surface area contributed by atoms with Gasteiger partial charge in [0.05, 0.1) is 7.11 Å². The van der Waals surface area contributed by atoms with Crippen LogP contribution in [-0.2, 0) is 6.42 Å². The van der Waals surface area contributed by atoms with E-state index in [1.807, 2.05) is 7.05 Å². The summed E-state index contributed by atoms with van der Waals surface area (Å²) in [7, 11) is 3.77. The summed E-state index contributed by atoms with van der Waals surface area (Å²) in [5.41, 5.74) is 3.05. The number of hydrogen-bond acceptors (Lipinski definition) is 3. The first-order valence-corrected chi connectivity index (χ1v) is 7.57. The maximum Gasteiger partial charge on any atom is 0.129 e. The van der Waals surface area contributed by atoms with E-state index in [-0.39, 0.29) is 0 Å². The van der Waals surface area contributed by atoms with Crippen LogP contribution in [0.4, 0.5) is 0 Å². The molecule has 2 unspecified atom stereocenters. The van der Waals surface area contributed by atoms with Gasteiger partial charge < -0.3 is 10.1 Å². The van der Waals surface area contributed by atoms with Crippen LogP contribution >= 0.6 is 11.3 Å². The highest BCUT2D eigenvalue weighted by Gasteiger charge is 2.28. The predicted molar refractivity (Wildman–Crippen MR) is 80.2 cm³/mol. The molecule has 0 amide bonds. The maximum absolute atomic E-state index is 5.27. The molecule has 0 saturated carbocycles. The Balaban J connectivity index is 1.72. The summed E-state index contributed by atoms with van der Waals surface area (Å²) in [5, 5.41) is 5.52. The molecule has 2 nitrogen and oxygen atoms in total. The van der Waals surface area contributed by atoms with Gasteiger partial charge >= 0.3 is 0 Å². The summed E-state index contributed by atoms with van der Waals surface area (Å²) in [6, 6.07) is 11.4. The smallest absolute Gasteiger partial charge is 0.129 e. The molecule has 0 fully saturated rings. The Kier molecular flexibility index (Phi) is 3.58. The number of hydrogen-bond donors (Lipinski definition) is 1. The molecule has 1 heterocycles. The van der Waals surface area contributed by atoms with Gasteiger partial charge in [0, 0.05) is 16.3 Å². The van der Waals surface area contributed by atoms with E-state index in [9.17, 15) is 0 Å². The Morgan fingerprint density at radius 1 is 1.42 bits per heavy atom. The number of fused-ring (bicyclic) bond motifs is 1. The Morgan fingerprint density at radius 2 is 2.26 bits per heavy atom. The van der Waals surface area contributed by atoms with E-state index in [1.165, 1.54) is 22.4 Å². The number of thiophene rings is 1. The summed E-state index contributed by atoms with van der Waals surface area (Å²) in [4.78, 5) is 1.36. The van der Waals surface area contributed by atoms with Crippen molar-refractivity contribution in [1.29, 1.82) is 0 Å². The van der Waals surface area contributed by atoms with Gasteiger partial charge in [0.25, 0.3) is 0 Å². The minimum atomic E-state index is 0.423. The fraction of sp³-hybridized carbons (Fsp3) is 0.375. The summed E-state index contributed by atoms with van der Waals surface area (Å²) < 4.78 is 5.27. The Hall–Kier alpha value is -1.32. The fourth-order valence-corrected chi connectivity index (χ4v) is 3.84. The molecule has 0 aliphatic heterocycles. The van der Waals surface area contributed by atoms with Crippen LogP contribution in [0.3, 0.4) is 0 Å². The molecule has 0 saturated heterocycles. The van der Waals surface area contributed by atoms with Gasteiger partial charge in [-0.25, -0.2) is 0 Å². The van der Waals surface area contributed by atoms with Crippen molar-refractivity contribution in [2.75, 3.05) is 14.2 Å². The normalized spacial score (nSPS) is 18.5. The second kappa shape index (κ2) is 5.35. The van der Waals surface area contributed by atoms with E-state index in [2.05, 4.69) is 41.0 Å². The monoisotopic (exact) mass is 273 g/mol. The lowest BCUT2D eigenvalue weighted by Crippen LogP contribution is -2.24. The molecular formula is C16H19NOS. The minimum Gasteiger partial charge on any atom is -0.496 e. The molecule has 1 aliphatic carbocycles. The summed E-state index contributed by atoms with van der Waals surface area (Å²) >= 11 is 1.78. The van der Waals surface area contributed by atoms with Crippen molar-refractivity contribution < 1.29 is 4.74 Å². The molecular weight excluding hydrogens is 254 g/mol. The third kappa shape index (κ3) is 2.40.